The van der Waals surface area contributed by atoms with E-state index in [1.165, 1.54) is 43.9 Å². The van der Waals surface area contributed by atoms with Gasteiger partial charge in [0.15, 0.2) is 0 Å². The van der Waals surface area contributed by atoms with Crippen molar-refractivity contribution < 1.29 is 21.1 Å². The van der Waals surface area contributed by atoms with Crippen LogP contribution in [0.5, 0.6) is 0 Å². The van der Waals surface area contributed by atoms with E-state index in [1.54, 1.807) is 0 Å². The first kappa shape index (κ1) is 32.1. The summed E-state index contributed by atoms with van der Waals surface area (Å²) in [5, 5.41) is 8.13. The summed E-state index contributed by atoms with van der Waals surface area (Å²) in [6.07, 6.45) is 4.04. The van der Waals surface area contributed by atoms with E-state index in [1.807, 2.05) is 6.20 Å². The molecule has 10 rings (SSSR count). The summed E-state index contributed by atoms with van der Waals surface area (Å²) in [6.45, 7) is 16.3. The number of rotatable bonds is 2. The van der Waals surface area contributed by atoms with Gasteiger partial charge in [-0.2, -0.15) is 0 Å². The fourth-order valence-electron chi connectivity index (χ4n) is 8.71. The minimum Gasteiger partial charge on any atom is -0.328 e. The predicted octanol–water partition coefficient (Wildman–Crippen LogP) is 11.4. The first-order valence-electron chi connectivity index (χ1n) is 17.6. The van der Waals surface area contributed by atoms with Crippen LogP contribution in [-0.4, -0.2) is 18.9 Å². The van der Waals surface area contributed by atoms with Gasteiger partial charge in [-0.3, -0.25) is 4.98 Å². The molecule has 5 heteroatoms. The molecule has 9 aromatic rings. The molecule has 51 heavy (non-hydrogen) atoms. The third kappa shape index (κ3) is 4.17. The molecule has 0 atom stereocenters. The molecule has 4 aromatic heterocycles. The number of aromatic nitrogens is 4. The summed E-state index contributed by atoms with van der Waals surface area (Å²) in [5.41, 5.74) is 11.1. The number of benzene rings is 5. The van der Waals surface area contributed by atoms with Crippen molar-refractivity contribution in [2.45, 2.75) is 64.7 Å². The molecule has 0 saturated carbocycles. The van der Waals surface area contributed by atoms with Crippen LogP contribution in [0.15, 0.2) is 103 Å². The van der Waals surface area contributed by atoms with Crippen LogP contribution >= 0.6 is 0 Å². The van der Waals surface area contributed by atoms with Gasteiger partial charge in [-0.1, -0.05) is 125 Å². The smallest absolute Gasteiger partial charge is 0.328 e. The molecule has 0 radical (unpaired) electrons. The summed E-state index contributed by atoms with van der Waals surface area (Å²) in [7, 11) is 0. The maximum absolute atomic E-state index is 5.12. The predicted molar refractivity (Wildman–Crippen MR) is 208 cm³/mol. The molecule has 252 valence electrons. The Morgan fingerprint density at radius 1 is 0.686 bits per heavy atom. The Morgan fingerprint density at radius 3 is 2.27 bits per heavy atom. The van der Waals surface area contributed by atoms with Crippen LogP contribution < -0.4 is 0 Å². The van der Waals surface area contributed by atoms with Crippen molar-refractivity contribution in [3.05, 3.63) is 132 Å². The first-order valence-corrected chi connectivity index (χ1v) is 17.6. The summed E-state index contributed by atoms with van der Waals surface area (Å²) in [5.74, 6) is 0. The molecule has 4 nitrogen and oxygen atoms in total. The number of imidazole rings is 1. The molecule has 0 N–H and O–H groups in total. The monoisotopic (exact) mass is 841 g/mol. The molecular formula is C46H38N4Pt. The second-order valence-electron chi connectivity index (χ2n) is 16.2. The van der Waals surface area contributed by atoms with Crippen LogP contribution in [0.2, 0.25) is 0 Å². The van der Waals surface area contributed by atoms with Gasteiger partial charge < -0.3 is 8.97 Å². The van der Waals surface area contributed by atoms with Gasteiger partial charge in [-0.25, -0.2) is 4.98 Å². The molecule has 0 bridgehead atoms. The first-order chi connectivity index (χ1) is 24.0. The Morgan fingerprint density at radius 2 is 1.45 bits per heavy atom. The van der Waals surface area contributed by atoms with E-state index in [0.717, 1.165) is 49.8 Å². The maximum atomic E-state index is 5.12. The fraction of sp³-hybridized carbons (Fsp3) is 0.217. The summed E-state index contributed by atoms with van der Waals surface area (Å²) in [4.78, 5) is 10.1. The number of nitrogens with zero attached hydrogens (tertiary/aromatic N) is 4. The van der Waals surface area contributed by atoms with Crippen molar-refractivity contribution in [3.63, 3.8) is 0 Å². The van der Waals surface area contributed by atoms with Gasteiger partial charge in [0.05, 0.1) is 11.2 Å². The van der Waals surface area contributed by atoms with Crippen molar-refractivity contribution in [1.29, 1.82) is 0 Å². The van der Waals surface area contributed by atoms with Crippen LogP contribution in [0.25, 0.3) is 76.8 Å². The van der Waals surface area contributed by atoms with Crippen LogP contribution in [0, 0.1) is 12.1 Å². The summed E-state index contributed by atoms with van der Waals surface area (Å²) >= 11 is 0. The van der Waals surface area contributed by atoms with E-state index in [2.05, 4.69) is 167 Å². The minimum absolute atomic E-state index is 0. The minimum atomic E-state index is -0.103. The second kappa shape index (κ2) is 10.6. The van der Waals surface area contributed by atoms with E-state index < -0.39 is 0 Å². The third-order valence-corrected chi connectivity index (χ3v) is 12.0. The third-order valence-electron chi connectivity index (χ3n) is 12.0. The largest absolute Gasteiger partial charge is 2.00 e. The van der Waals surface area contributed by atoms with Crippen LogP contribution in [0.1, 0.15) is 65.3 Å². The quantitative estimate of drug-likeness (QED) is 0.0987. The van der Waals surface area contributed by atoms with Gasteiger partial charge in [0.25, 0.3) is 0 Å². The van der Waals surface area contributed by atoms with Gasteiger partial charge in [0, 0.05) is 45.2 Å². The zero-order valence-electron chi connectivity index (χ0n) is 29.9. The van der Waals surface area contributed by atoms with Crippen LogP contribution in [0.3, 0.4) is 0 Å². The Balaban J connectivity index is 0.00000348. The molecule has 0 amide bonds. The molecule has 0 spiro atoms. The number of hydrogen-bond acceptors (Lipinski definition) is 2. The molecule has 5 aromatic carbocycles. The average molecular weight is 842 g/mol. The Bertz CT molecular complexity index is 2920. The van der Waals surface area contributed by atoms with E-state index >= 15 is 0 Å². The SMILES string of the molecule is CC(C)(C)c1ccnc2c1c1ccccc1n2-c1[c-]c(-c2cccc3cc4c([c-]c23)c2ncc3n2c2c(cccc42)C(C)(C)C3(C)C)ccc1.[Pt+2]. The summed E-state index contributed by atoms with van der Waals surface area (Å²) in [6, 6.07) is 40.7. The second-order valence-corrected chi connectivity index (χ2v) is 16.2. The van der Waals surface area contributed by atoms with E-state index in [4.69, 9.17) is 9.97 Å². The normalized spacial score (nSPS) is 15.1. The molecular weight excluding hydrogens is 804 g/mol. The van der Waals surface area contributed by atoms with Gasteiger partial charge in [0.1, 0.15) is 5.65 Å². The van der Waals surface area contributed by atoms with Gasteiger partial charge in [-0.05, 0) is 39.7 Å². The van der Waals surface area contributed by atoms with Crippen molar-refractivity contribution in [1.82, 2.24) is 18.9 Å². The Hall–Kier alpha value is -4.79. The average Bonchev–Trinajstić information content (AvgIpc) is 3.71. The molecule has 0 aliphatic carbocycles. The Kier molecular flexibility index (Phi) is 6.69. The molecule has 0 saturated heterocycles. The van der Waals surface area contributed by atoms with Crippen LogP contribution in [0.4, 0.5) is 0 Å². The topological polar surface area (TPSA) is 35.1 Å². The van der Waals surface area contributed by atoms with Crippen molar-refractivity contribution in [2.24, 2.45) is 0 Å². The molecule has 5 heterocycles. The number of para-hydroxylation sites is 2. The molecule has 0 unspecified atom stereocenters. The number of fused-ring (bicyclic) bond motifs is 7. The van der Waals surface area contributed by atoms with Gasteiger partial charge >= 0.3 is 21.1 Å². The van der Waals surface area contributed by atoms with Crippen molar-refractivity contribution >= 4 is 60.0 Å². The maximum Gasteiger partial charge on any atom is 2.00 e. The molecule has 0 fully saturated rings. The van der Waals surface area contributed by atoms with Crippen LogP contribution in [-0.2, 0) is 37.3 Å². The zero-order valence-corrected chi connectivity index (χ0v) is 32.2. The zero-order chi connectivity index (χ0) is 34.3. The van der Waals surface area contributed by atoms with Gasteiger partial charge in [-0.15, -0.1) is 47.3 Å². The van der Waals surface area contributed by atoms with Crippen molar-refractivity contribution in [3.8, 4) is 16.8 Å². The fourth-order valence-corrected chi connectivity index (χ4v) is 8.71. The molecule has 1 aliphatic rings. The number of hydrogen-bond donors (Lipinski definition) is 0. The van der Waals surface area contributed by atoms with Crippen molar-refractivity contribution in [2.75, 3.05) is 0 Å². The van der Waals surface area contributed by atoms with E-state index in [-0.39, 0.29) is 37.3 Å². The molecule has 1 aliphatic heterocycles. The number of pyridine rings is 2. The Labute approximate surface area is 312 Å². The van der Waals surface area contributed by atoms with E-state index in [9.17, 15) is 0 Å². The van der Waals surface area contributed by atoms with E-state index in [0.29, 0.717) is 0 Å². The van der Waals surface area contributed by atoms with Gasteiger partial charge in [0.2, 0.25) is 0 Å². The summed E-state index contributed by atoms with van der Waals surface area (Å²) < 4.78 is 4.69. The standard InChI is InChI=1S/C46H38N4.Pt/c1-44(2,3)36-21-22-47-43-40(36)32-16-8-9-20-38(32)49(43)29-15-10-13-27(23-29)30-17-11-14-28-24-34-31-18-12-19-37-41(31)50-39(46(6,7)45(37,4)5)26-48-42(50)35(34)25-33(28)30;/h8-22,24,26H,1-7H3;/q-2;+2.